The van der Waals surface area contributed by atoms with E-state index in [2.05, 4.69) is 5.32 Å². The largest absolute Gasteiger partial charge is 0.354 e. The van der Waals surface area contributed by atoms with Gasteiger partial charge in [-0.1, -0.05) is 31.2 Å². The molecule has 1 amide bonds. The van der Waals surface area contributed by atoms with Crippen LogP contribution in [0.15, 0.2) is 48.5 Å². The molecule has 0 fully saturated rings. The quantitative estimate of drug-likeness (QED) is 0.768. The van der Waals surface area contributed by atoms with Crippen molar-refractivity contribution in [2.75, 3.05) is 23.7 Å². The van der Waals surface area contributed by atoms with Gasteiger partial charge in [0.2, 0.25) is 15.9 Å². The van der Waals surface area contributed by atoms with E-state index in [0.717, 1.165) is 18.2 Å². The highest BCUT2D eigenvalue weighted by Gasteiger charge is 2.17. The summed E-state index contributed by atoms with van der Waals surface area (Å²) in [5, 5.41) is 2.68. The number of amides is 1. The maximum absolute atomic E-state index is 13.1. The van der Waals surface area contributed by atoms with Crippen LogP contribution in [-0.4, -0.2) is 33.7 Å². The molecule has 2 aromatic rings. The molecular weight excluding hydrogens is 355 g/mol. The Kier molecular flexibility index (Phi) is 6.74. The van der Waals surface area contributed by atoms with Crippen LogP contribution in [0.5, 0.6) is 0 Å². The number of hydrogen-bond donors (Lipinski definition) is 1. The minimum Gasteiger partial charge on any atom is -0.354 e. The number of aryl methyl sites for hydroxylation is 1. The van der Waals surface area contributed by atoms with E-state index in [1.807, 2.05) is 19.1 Å². The van der Waals surface area contributed by atoms with Crippen LogP contribution < -0.4 is 9.62 Å². The molecule has 0 bridgehead atoms. The van der Waals surface area contributed by atoms with Crippen LogP contribution in [-0.2, 0) is 27.7 Å². The monoisotopic (exact) mass is 378 g/mol. The normalized spacial score (nSPS) is 11.2. The Hall–Kier alpha value is -2.41. The molecule has 0 aliphatic heterocycles. The average molecular weight is 378 g/mol. The summed E-state index contributed by atoms with van der Waals surface area (Å²) in [4.78, 5) is 12.0. The van der Waals surface area contributed by atoms with Crippen molar-refractivity contribution in [3.63, 3.8) is 0 Å². The zero-order valence-corrected chi connectivity index (χ0v) is 15.7. The van der Waals surface area contributed by atoms with Crippen LogP contribution in [0.25, 0.3) is 0 Å². The van der Waals surface area contributed by atoms with E-state index in [4.69, 9.17) is 0 Å². The third kappa shape index (κ3) is 5.84. The molecule has 0 aliphatic carbocycles. The van der Waals surface area contributed by atoms with Crippen molar-refractivity contribution in [1.29, 1.82) is 0 Å². The SMILES string of the molecule is CCc1ccc(N(CCNC(=O)Cc2cccc(F)c2)S(C)(=O)=O)cc1. The number of carbonyl (C=O) groups excluding carboxylic acids is 1. The summed E-state index contributed by atoms with van der Waals surface area (Å²) >= 11 is 0. The zero-order valence-electron chi connectivity index (χ0n) is 14.9. The molecule has 0 atom stereocenters. The minimum absolute atomic E-state index is 0.0435. The number of benzene rings is 2. The van der Waals surface area contributed by atoms with Gasteiger partial charge in [0.1, 0.15) is 5.82 Å². The van der Waals surface area contributed by atoms with Crippen LogP contribution in [0.4, 0.5) is 10.1 Å². The van der Waals surface area contributed by atoms with Gasteiger partial charge in [0.25, 0.3) is 0 Å². The Balaban J connectivity index is 1.96. The van der Waals surface area contributed by atoms with Crippen LogP contribution >= 0.6 is 0 Å². The number of sulfonamides is 1. The fourth-order valence-corrected chi connectivity index (χ4v) is 3.50. The van der Waals surface area contributed by atoms with Crippen LogP contribution in [0, 0.1) is 5.82 Å². The first-order chi connectivity index (χ1) is 12.3. The lowest BCUT2D eigenvalue weighted by atomic mass is 10.1. The number of anilines is 1. The Bertz CT molecular complexity index is 851. The summed E-state index contributed by atoms with van der Waals surface area (Å²) < 4.78 is 38.5. The van der Waals surface area contributed by atoms with Crippen LogP contribution in [0.3, 0.4) is 0 Å². The molecule has 0 aromatic heterocycles. The lowest BCUT2D eigenvalue weighted by Crippen LogP contribution is -2.38. The summed E-state index contributed by atoms with van der Waals surface area (Å²) in [6.45, 7) is 2.31. The van der Waals surface area contributed by atoms with Gasteiger partial charge in [-0.15, -0.1) is 0 Å². The third-order valence-electron chi connectivity index (χ3n) is 3.92. The summed E-state index contributed by atoms with van der Waals surface area (Å²) in [5.74, 6) is -0.681. The highest BCUT2D eigenvalue weighted by Crippen LogP contribution is 2.18. The Morgan fingerprint density at radius 1 is 1.12 bits per heavy atom. The molecular formula is C19H23FN2O3S. The summed E-state index contributed by atoms with van der Waals surface area (Å²) in [5.41, 5.74) is 2.24. The molecule has 140 valence electrons. The Labute approximate surface area is 153 Å². The van der Waals surface area contributed by atoms with E-state index in [0.29, 0.717) is 11.3 Å². The van der Waals surface area contributed by atoms with Crippen molar-refractivity contribution in [3.05, 3.63) is 65.5 Å². The predicted octanol–water partition coefficient (Wildman–Crippen LogP) is 2.51. The summed E-state index contributed by atoms with van der Waals surface area (Å²) in [7, 11) is -3.47. The second kappa shape index (κ2) is 8.80. The topological polar surface area (TPSA) is 66.5 Å². The van der Waals surface area contributed by atoms with E-state index in [1.165, 1.54) is 16.4 Å². The fraction of sp³-hybridized carbons (Fsp3) is 0.316. The van der Waals surface area contributed by atoms with E-state index >= 15 is 0 Å². The van der Waals surface area contributed by atoms with Crippen LogP contribution in [0.1, 0.15) is 18.1 Å². The molecule has 2 aromatic carbocycles. The molecule has 0 heterocycles. The van der Waals surface area contributed by atoms with E-state index in [-0.39, 0.29) is 25.4 Å². The number of halogens is 1. The van der Waals surface area contributed by atoms with Gasteiger partial charge in [0.05, 0.1) is 24.9 Å². The highest BCUT2D eigenvalue weighted by molar-refractivity contribution is 7.92. The summed E-state index contributed by atoms with van der Waals surface area (Å²) in [6, 6.07) is 13.1. The minimum atomic E-state index is -3.47. The van der Waals surface area contributed by atoms with Gasteiger partial charge in [0, 0.05) is 6.54 Å². The Morgan fingerprint density at radius 2 is 1.81 bits per heavy atom. The molecule has 5 nitrogen and oxygen atoms in total. The first-order valence-corrected chi connectivity index (χ1v) is 10.2. The Morgan fingerprint density at radius 3 is 2.38 bits per heavy atom. The van der Waals surface area contributed by atoms with Crippen molar-refractivity contribution < 1.29 is 17.6 Å². The second-order valence-corrected chi connectivity index (χ2v) is 7.92. The van der Waals surface area contributed by atoms with Crippen molar-refractivity contribution in [3.8, 4) is 0 Å². The number of hydrogen-bond acceptors (Lipinski definition) is 3. The van der Waals surface area contributed by atoms with Gasteiger partial charge < -0.3 is 5.32 Å². The first kappa shape index (κ1) is 19.9. The zero-order chi connectivity index (χ0) is 19.2. The molecule has 0 saturated carbocycles. The molecule has 1 N–H and O–H groups in total. The van der Waals surface area contributed by atoms with Gasteiger partial charge in [-0.3, -0.25) is 9.10 Å². The molecule has 26 heavy (non-hydrogen) atoms. The molecule has 0 radical (unpaired) electrons. The lowest BCUT2D eigenvalue weighted by Gasteiger charge is -2.22. The smallest absolute Gasteiger partial charge is 0.232 e. The number of rotatable bonds is 8. The van der Waals surface area contributed by atoms with Crippen molar-refractivity contribution in [2.24, 2.45) is 0 Å². The number of nitrogens with zero attached hydrogens (tertiary/aromatic N) is 1. The maximum Gasteiger partial charge on any atom is 0.232 e. The van der Waals surface area contributed by atoms with Gasteiger partial charge >= 0.3 is 0 Å². The van der Waals surface area contributed by atoms with Crippen molar-refractivity contribution in [1.82, 2.24) is 5.32 Å². The van der Waals surface area contributed by atoms with E-state index in [9.17, 15) is 17.6 Å². The second-order valence-electron chi connectivity index (χ2n) is 6.01. The molecule has 0 unspecified atom stereocenters. The van der Waals surface area contributed by atoms with Gasteiger partial charge in [-0.05, 0) is 41.8 Å². The van der Waals surface area contributed by atoms with E-state index < -0.39 is 15.8 Å². The molecule has 0 saturated heterocycles. The third-order valence-corrected chi connectivity index (χ3v) is 5.12. The van der Waals surface area contributed by atoms with E-state index in [1.54, 1.807) is 24.3 Å². The van der Waals surface area contributed by atoms with Crippen molar-refractivity contribution in [2.45, 2.75) is 19.8 Å². The maximum atomic E-state index is 13.1. The lowest BCUT2D eigenvalue weighted by molar-refractivity contribution is -0.120. The molecule has 0 aliphatic rings. The van der Waals surface area contributed by atoms with Crippen molar-refractivity contribution >= 4 is 21.6 Å². The van der Waals surface area contributed by atoms with Gasteiger partial charge in [-0.25, -0.2) is 12.8 Å². The molecule has 0 spiro atoms. The van der Waals surface area contributed by atoms with Crippen LogP contribution in [0.2, 0.25) is 0 Å². The van der Waals surface area contributed by atoms with Gasteiger partial charge in [-0.2, -0.15) is 0 Å². The molecule has 7 heteroatoms. The molecule has 2 rings (SSSR count). The standard InChI is InChI=1S/C19H23FN2O3S/c1-3-15-7-9-18(10-8-15)22(26(2,24)25)12-11-21-19(23)14-16-5-4-6-17(20)13-16/h4-10,13H,3,11-12,14H2,1-2H3,(H,21,23). The average Bonchev–Trinajstić information content (AvgIpc) is 2.58. The summed E-state index contributed by atoms with van der Waals surface area (Å²) in [6.07, 6.45) is 2.05. The first-order valence-electron chi connectivity index (χ1n) is 8.37. The highest BCUT2D eigenvalue weighted by atomic mass is 32.2. The predicted molar refractivity (Wildman–Crippen MR) is 101 cm³/mol. The van der Waals surface area contributed by atoms with Gasteiger partial charge in [0.15, 0.2) is 0 Å². The number of carbonyl (C=O) groups is 1. The fourth-order valence-electron chi connectivity index (χ4n) is 2.58. The number of nitrogens with one attached hydrogen (secondary N) is 1.